The number of hydrogen-bond acceptors (Lipinski definition) is 5. The molecular weight excluding hydrogens is 406 g/mol. The van der Waals surface area contributed by atoms with E-state index in [1.807, 2.05) is 12.1 Å². The summed E-state index contributed by atoms with van der Waals surface area (Å²) < 4.78 is 10.6. The third-order valence-corrected chi connectivity index (χ3v) is 5.40. The molecule has 0 unspecified atom stereocenters. The Bertz CT molecular complexity index is 940. The first-order valence-electron chi connectivity index (χ1n) is 9.63. The van der Waals surface area contributed by atoms with Crippen LogP contribution in [0.2, 0.25) is 5.02 Å². The molecule has 1 aliphatic rings. The van der Waals surface area contributed by atoms with Crippen molar-refractivity contribution in [3.8, 4) is 11.5 Å². The highest BCUT2D eigenvalue weighted by Gasteiger charge is 2.28. The molecule has 1 fully saturated rings. The molecule has 158 valence electrons. The second-order valence-corrected chi connectivity index (χ2v) is 7.27. The smallest absolute Gasteiger partial charge is 0.255 e. The highest BCUT2D eigenvalue weighted by Crippen LogP contribution is 2.29. The molecule has 0 radical (unpaired) electrons. The number of methoxy groups -OCH3 is 2. The number of para-hydroxylation sites is 1. The molecular formula is C22H24ClN3O4. The standard InChI is InChI=1S/C22H24ClN3O4/c1-29-19-9-5-6-16(20(19)30-2)14-24-25-21(27)15-10-12-26(13-11-15)22(28)17-7-3-4-8-18(17)23/h3-9,14-15H,10-13H2,1-2H3,(H,25,27)/b24-14-. The lowest BCUT2D eigenvalue weighted by molar-refractivity contribution is -0.126. The summed E-state index contributed by atoms with van der Waals surface area (Å²) in [6.45, 7) is 0.991. The van der Waals surface area contributed by atoms with Crippen LogP contribution in [0.1, 0.15) is 28.8 Å². The van der Waals surface area contributed by atoms with Gasteiger partial charge in [0, 0.05) is 24.6 Å². The number of hydrogen-bond donors (Lipinski definition) is 1. The molecule has 7 nitrogen and oxygen atoms in total. The van der Waals surface area contributed by atoms with Crippen LogP contribution in [0.5, 0.6) is 11.5 Å². The van der Waals surface area contributed by atoms with Gasteiger partial charge in [-0.15, -0.1) is 0 Å². The van der Waals surface area contributed by atoms with Crippen LogP contribution >= 0.6 is 11.6 Å². The van der Waals surface area contributed by atoms with Gasteiger partial charge in [0.25, 0.3) is 5.91 Å². The lowest BCUT2D eigenvalue weighted by Crippen LogP contribution is -2.42. The van der Waals surface area contributed by atoms with Crippen LogP contribution in [-0.4, -0.2) is 50.2 Å². The van der Waals surface area contributed by atoms with Crippen molar-refractivity contribution >= 4 is 29.6 Å². The third-order valence-electron chi connectivity index (χ3n) is 5.07. The molecule has 0 saturated carbocycles. The molecule has 0 spiro atoms. The van der Waals surface area contributed by atoms with Crippen molar-refractivity contribution in [2.45, 2.75) is 12.8 Å². The number of benzene rings is 2. The molecule has 0 bridgehead atoms. The summed E-state index contributed by atoms with van der Waals surface area (Å²) in [5.74, 6) is 0.651. The topological polar surface area (TPSA) is 80.2 Å². The number of amides is 2. The van der Waals surface area contributed by atoms with Gasteiger partial charge in [-0.2, -0.15) is 5.10 Å². The van der Waals surface area contributed by atoms with Crippen molar-refractivity contribution in [1.82, 2.24) is 10.3 Å². The van der Waals surface area contributed by atoms with E-state index in [0.717, 1.165) is 0 Å². The van der Waals surface area contributed by atoms with Crippen molar-refractivity contribution < 1.29 is 19.1 Å². The largest absolute Gasteiger partial charge is 0.493 e. The molecule has 3 rings (SSSR count). The summed E-state index contributed by atoms with van der Waals surface area (Å²) in [5, 5.41) is 4.49. The number of carbonyl (C=O) groups excluding carboxylic acids is 2. The number of likely N-dealkylation sites (tertiary alicyclic amines) is 1. The molecule has 1 N–H and O–H groups in total. The minimum atomic E-state index is -0.204. The third kappa shape index (κ3) is 4.91. The highest BCUT2D eigenvalue weighted by molar-refractivity contribution is 6.33. The van der Waals surface area contributed by atoms with Gasteiger partial charge in [-0.1, -0.05) is 29.8 Å². The Hall–Kier alpha value is -3.06. The summed E-state index contributed by atoms with van der Waals surface area (Å²) >= 11 is 6.12. The Morgan fingerprint density at radius 1 is 1.10 bits per heavy atom. The maximum Gasteiger partial charge on any atom is 0.255 e. The van der Waals surface area contributed by atoms with Gasteiger partial charge >= 0.3 is 0 Å². The lowest BCUT2D eigenvalue weighted by atomic mass is 9.95. The van der Waals surface area contributed by atoms with Crippen LogP contribution in [-0.2, 0) is 4.79 Å². The van der Waals surface area contributed by atoms with Crippen LogP contribution < -0.4 is 14.9 Å². The zero-order valence-electron chi connectivity index (χ0n) is 16.9. The fourth-order valence-corrected chi connectivity index (χ4v) is 3.64. The van der Waals surface area contributed by atoms with Crippen molar-refractivity contribution in [3.63, 3.8) is 0 Å². The SMILES string of the molecule is COc1cccc(/C=N\NC(=O)C2CCN(C(=O)c3ccccc3Cl)CC2)c1OC. The van der Waals surface area contributed by atoms with Gasteiger partial charge < -0.3 is 14.4 Å². The number of carbonyl (C=O) groups is 2. The molecule has 1 saturated heterocycles. The summed E-state index contributed by atoms with van der Waals surface area (Å²) in [6, 6.07) is 12.4. The van der Waals surface area contributed by atoms with Gasteiger partial charge in [0.2, 0.25) is 5.91 Å². The maximum atomic E-state index is 12.6. The number of nitrogens with zero attached hydrogens (tertiary/aromatic N) is 2. The van der Waals surface area contributed by atoms with Gasteiger partial charge in [0.1, 0.15) is 0 Å². The number of piperidine rings is 1. The van der Waals surface area contributed by atoms with Gasteiger partial charge in [0.05, 0.1) is 31.0 Å². The minimum absolute atomic E-state index is 0.109. The van der Waals surface area contributed by atoms with Gasteiger partial charge in [0.15, 0.2) is 11.5 Å². The van der Waals surface area contributed by atoms with E-state index in [1.165, 1.54) is 6.21 Å². The quantitative estimate of drug-likeness (QED) is 0.564. The molecule has 1 heterocycles. The number of hydrazone groups is 1. The molecule has 0 atom stereocenters. The van der Waals surface area contributed by atoms with E-state index in [0.29, 0.717) is 53.6 Å². The molecule has 2 aromatic rings. The molecule has 2 amide bonds. The second-order valence-electron chi connectivity index (χ2n) is 6.86. The van der Waals surface area contributed by atoms with Crippen molar-refractivity contribution in [2.75, 3.05) is 27.3 Å². The molecule has 1 aliphatic heterocycles. The predicted molar refractivity (Wildman–Crippen MR) is 115 cm³/mol. The average Bonchev–Trinajstić information content (AvgIpc) is 2.78. The molecule has 0 aromatic heterocycles. The first-order chi connectivity index (χ1) is 14.5. The summed E-state index contributed by atoms with van der Waals surface area (Å²) in [7, 11) is 3.11. The molecule has 8 heteroatoms. The first-order valence-corrected chi connectivity index (χ1v) is 10.0. The van der Waals surface area contributed by atoms with E-state index < -0.39 is 0 Å². The van der Waals surface area contributed by atoms with Gasteiger partial charge in [-0.05, 0) is 37.1 Å². The Morgan fingerprint density at radius 3 is 2.50 bits per heavy atom. The average molecular weight is 430 g/mol. The van der Waals surface area contributed by atoms with Crippen molar-refractivity contribution in [3.05, 3.63) is 58.6 Å². The van der Waals surface area contributed by atoms with Crippen LogP contribution in [0.25, 0.3) is 0 Å². The lowest BCUT2D eigenvalue weighted by Gasteiger charge is -2.31. The van der Waals surface area contributed by atoms with E-state index in [-0.39, 0.29) is 17.7 Å². The Labute approximate surface area is 180 Å². The zero-order valence-corrected chi connectivity index (χ0v) is 17.7. The van der Waals surface area contributed by atoms with Crippen LogP contribution in [0.15, 0.2) is 47.6 Å². The fraction of sp³-hybridized carbons (Fsp3) is 0.318. The van der Waals surface area contributed by atoms with Crippen LogP contribution in [0.3, 0.4) is 0 Å². The normalized spacial score (nSPS) is 14.6. The highest BCUT2D eigenvalue weighted by atomic mass is 35.5. The Morgan fingerprint density at radius 2 is 1.83 bits per heavy atom. The first kappa shape index (κ1) is 21.6. The summed E-state index contributed by atoms with van der Waals surface area (Å²) in [4.78, 5) is 26.8. The number of halogens is 1. The Kier molecular flexibility index (Phi) is 7.30. The van der Waals surface area contributed by atoms with E-state index >= 15 is 0 Å². The molecule has 30 heavy (non-hydrogen) atoms. The number of rotatable bonds is 6. The van der Waals surface area contributed by atoms with E-state index in [1.54, 1.807) is 49.5 Å². The van der Waals surface area contributed by atoms with Gasteiger partial charge in [-0.25, -0.2) is 5.43 Å². The monoisotopic (exact) mass is 429 g/mol. The molecule has 2 aromatic carbocycles. The van der Waals surface area contributed by atoms with E-state index in [2.05, 4.69) is 10.5 Å². The second kappa shape index (κ2) is 10.1. The van der Waals surface area contributed by atoms with E-state index in [4.69, 9.17) is 21.1 Å². The zero-order chi connectivity index (χ0) is 21.5. The van der Waals surface area contributed by atoms with Crippen molar-refractivity contribution in [1.29, 1.82) is 0 Å². The number of nitrogens with one attached hydrogen (secondary N) is 1. The fourth-order valence-electron chi connectivity index (χ4n) is 3.42. The van der Waals surface area contributed by atoms with E-state index in [9.17, 15) is 9.59 Å². The summed E-state index contributed by atoms with van der Waals surface area (Å²) in [6.07, 6.45) is 2.66. The minimum Gasteiger partial charge on any atom is -0.493 e. The van der Waals surface area contributed by atoms with Gasteiger partial charge in [-0.3, -0.25) is 9.59 Å². The predicted octanol–water partition coefficient (Wildman–Crippen LogP) is 3.36. The van der Waals surface area contributed by atoms with Crippen LogP contribution in [0.4, 0.5) is 0 Å². The molecule has 0 aliphatic carbocycles. The number of ether oxygens (including phenoxy) is 2. The summed E-state index contributed by atoms with van der Waals surface area (Å²) in [5.41, 5.74) is 3.76. The van der Waals surface area contributed by atoms with Crippen LogP contribution in [0, 0.1) is 5.92 Å². The Balaban J connectivity index is 1.54. The maximum absolute atomic E-state index is 12.6. The van der Waals surface area contributed by atoms with Crippen molar-refractivity contribution in [2.24, 2.45) is 11.0 Å².